The second-order valence-electron chi connectivity index (χ2n) is 20.8. The molecule has 0 unspecified atom stereocenters. The van der Waals surface area contributed by atoms with Gasteiger partial charge in [0.25, 0.3) is 11.8 Å². The minimum absolute atomic E-state index is 0.00509. The topological polar surface area (TPSA) is 196 Å². The van der Waals surface area contributed by atoms with Gasteiger partial charge in [0.05, 0.1) is 14.2 Å². The van der Waals surface area contributed by atoms with Crippen LogP contribution in [0, 0.1) is 36.0 Å². The number of hydrogen-bond acceptors (Lipinski definition) is 17. The molecule has 380 valence electrons. The lowest BCUT2D eigenvalue weighted by Crippen LogP contribution is -2.33. The van der Waals surface area contributed by atoms with Crippen LogP contribution in [0.15, 0.2) is 42.5 Å². The molecule has 0 saturated carbocycles. The van der Waals surface area contributed by atoms with Crippen molar-refractivity contribution in [1.29, 1.82) is 5.26 Å². The van der Waals surface area contributed by atoms with Crippen molar-refractivity contribution in [3.05, 3.63) is 70.3 Å². The smallest absolute Gasteiger partial charge is 0.274 e. The fraction of sp³-hybridized carbons (Fsp3) is 0.549. The number of aryl methyl sites for hydroxylation is 2. The van der Waals surface area contributed by atoms with Crippen LogP contribution in [0.25, 0.3) is 0 Å². The minimum Gasteiger partial charge on any atom is -0.359 e. The minimum atomic E-state index is -0.346. The van der Waals surface area contributed by atoms with E-state index >= 15 is 0 Å². The Morgan fingerprint density at radius 1 is 0.657 bits per heavy atom. The summed E-state index contributed by atoms with van der Waals surface area (Å²) < 4.78 is 0. The van der Waals surface area contributed by atoms with Crippen LogP contribution in [0.2, 0.25) is 0 Å². The zero-order chi connectivity index (χ0) is 51.3. The van der Waals surface area contributed by atoms with Crippen molar-refractivity contribution in [1.82, 2.24) is 40.7 Å². The number of carbonyl (C=O) groups excluding carboxylic acids is 2. The number of benzene rings is 2. The SMILES string of the molecule is CONC(=O)c1ccc(C)c(Nc2nc(N(C)CC(C)(C)C)c(C#N)c(N3CCCN(C)CC3)n2)c1.CONC(=O)c1ccc(C)c(Nc2nc(N(C)CC(C)(C)C)cc(N3CCCN(C)CC3)n2)c1. The number of carbonyl (C=O) groups is 2. The summed E-state index contributed by atoms with van der Waals surface area (Å²) in [5, 5.41) is 16.9. The number of hydrogen-bond donors (Lipinski definition) is 4. The third kappa shape index (κ3) is 15.9. The van der Waals surface area contributed by atoms with E-state index in [1.165, 1.54) is 14.2 Å². The third-order valence-corrected chi connectivity index (χ3v) is 11.8. The standard InChI is InChI=1S/C26H38N8O2.C25H39N7O2/c1-18-9-10-19(24(35)31-36-7)15-21(18)28-25-29-22(33(6)17-26(2,3)4)20(16-27)23(30-25)34-12-8-11-32(5)13-14-34;1-18-9-10-19(23(33)29-34-7)15-20(18)26-24-27-21(31(6)17-25(2,3)4)16-22(28-24)32-12-8-11-30(5)13-14-32/h9-10,15H,8,11-14,17H2,1-7H3,(H,31,35)(H,28,29,30);9-10,15-16H,8,11-14,17H2,1-7H3,(H,29,33)(H,26,27,28). The van der Waals surface area contributed by atoms with Crippen molar-refractivity contribution >= 4 is 58.4 Å². The van der Waals surface area contributed by atoms with Crippen LogP contribution in [-0.4, -0.2) is 149 Å². The Kier molecular flexibility index (Phi) is 19.1. The molecular weight excluding hydrogens is 887 g/mol. The van der Waals surface area contributed by atoms with Gasteiger partial charge in [-0.25, -0.2) is 11.0 Å². The van der Waals surface area contributed by atoms with Crippen LogP contribution in [0.5, 0.6) is 0 Å². The largest absolute Gasteiger partial charge is 0.359 e. The molecule has 2 saturated heterocycles. The number of rotatable bonds is 14. The molecule has 2 aliphatic heterocycles. The van der Waals surface area contributed by atoms with E-state index in [0.717, 1.165) is 100 Å². The Hall–Kier alpha value is -6.33. The highest BCUT2D eigenvalue weighted by Gasteiger charge is 2.26. The van der Waals surface area contributed by atoms with Gasteiger partial charge in [0.2, 0.25) is 11.9 Å². The van der Waals surface area contributed by atoms with Gasteiger partial charge in [-0.2, -0.15) is 25.2 Å². The summed E-state index contributed by atoms with van der Waals surface area (Å²) in [5.41, 5.74) is 9.65. The molecule has 0 radical (unpaired) electrons. The second kappa shape index (κ2) is 24.5. The third-order valence-electron chi connectivity index (χ3n) is 11.8. The van der Waals surface area contributed by atoms with E-state index < -0.39 is 0 Å². The highest BCUT2D eigenvalue weighted by Crippen LogP contribution is 2.33. The van der Waals surface area contributed by atoms with Crippen LogP contribution in [0.3, 0.4) is 0 Å². The predicted octanol–water partition coefficient (Wildman–Crippen LogP) is 6.76. The second-order valence-corrected chi connectivity index (χ2v) is 20.8. The molecule has 70 heavy (non-hydrogen) atoms. The van der Waals surface area contributed by atoms with Crippen molar-refractivity contribution in [2.45, 2.75) is 68.2 Å². The van der Waals surface area contributed by atoms with E-state index in [4.69, 9.17) is 29.6 Å². The highest BCUT2D eigenvalue weighted by atomic mass is 16.6. The van der Waals surface area contributed by atoms with E-state index in [1.54, 1.807) is 24.3 Å². The zero-order valence-electron chi connectivity index (χ0n) is 44.1. The normalized spacial score (nSPS) is 14.9. The molecule has 4 heterocycles. The number of hydroxylamine groups is 2. The lowest BCUT2D eigenvalue weighted by Gasteiger charge is -2.30. The van der Waals surface area contributed by atoms with Gasteiger partial charge >= 0.3 is 0 Å². The monoisotopic (exact) mass is 964 g/mol. The summed E-state index contributed by atoms with van der Waals surface area (Å²) in [6, 6.07) is 15.2. The molecule has 0 bridgehead atoms. The van der Waals surface area contributed by atoms with Gasteiger partial charge in [-0.1, -0.05) is 53.7 Å². The summed E-state index contributed by atoms with van der Waals surface area (Å²) in [5.74, 6) is 3.24. The van der Waals surface area contributed by atoms with Gasteiger partial charge in [-0.05, 0) is 100 Å². The van der Waals surface area contributed by atoms with Crippen molar-refractivity contribution in [2.75, 3.05) is 138 Å². The van der Waals surface area contributed by atoms with Crippen LogP contribution < -0.4 is 41.2 Å². The summed E-state index contributed by atoms with van der Waals surface area (Å²) in [6.07, 6.45) is 2.07. The zero-order valence-corrected chi connectivity index (χ0v) is 44.1. The summed E-state index contributed by atoms with van der Waals surface area (Å²) >= 11 is 0. The molecule has 0 atom stereocenters. The number of nitrogens with one attached hydrogen (secondary N) is 4. The van der Waals surface area contributed by atoms with Crippen LogP contribution in [0.4, 0.5) is 46.5 Å². The van der Waals surface area contributed by atoms with Crippen molar-refractivity contribution in [3.8, 4) is 6.07 Å². The van der Waals surface area contributed by atoms with Crippen LogP contribution in [0.1, 0.15) is 91.8 Å². The van der Waals surface area contributed by atoms with Crippen molar-refractivity contribution in [2.24, 2.45) is 10.8 Å². The molecule has 2 amide bonds. The average Bonchev–Trinajstić information content (AvgIpc) is 3.65. The van der Waals surface area contributed by atoms with E-state index in [0.29, 0.717) is 52.5 Å². The molecule has 19 nitrogen and oxygen atoms in total. The van der Waals surface area contributed by atoms with Gasteiger partial charge in [-0.15, -0.1) is 0 Å². The van der Waals surface area contributed by atoms with Gasteiger partial charge < -0.3 is 40.0 Å². The van der Waals surface area contributed by atoms with E-state index in [9.17, 15) is 14.9 Å². The molecule has 2 aliphatic rings. The molecular formula is C51H77N15O4. The average molecular weight is 964 g/mol. The Bertz CT molecular complexity index is 2450. The Morgan fingerprint density at radius 2 is 1.14 bits per heavy atom. The number of anilines is 8. The number of nitrogens with zero attached hydrogens (tertiary/aromatic N) is 11. The van der Waals surface area contributed by atoms with E-state index in [2.05, 4.69) is 121 Å². The first kappa shape index (κ1) is 54.6. The summed E-state index contributed by atoms with van der Waals surface area (Å²) in [7, 11) is 11.1. The first-order valence-corrected chi connectivity index (χ1v) is 24.0. The lowest BCUT2D eigenvalue weighted by atomic mass is 9.96. The fourth-order valence-electron chi connectivity index (χ4n) is 8.39. The Balaban J connectivity index is 0.000000261. The van der Waals surface area contributed by atoms with Crippen LogP contribution >= 0.6 is 0 Å². The number of amides is 2. The predicted molar refractivity (Wildman–Crippen MR) is 281 cm³/mol. The molecule has 4 aromatic rings. The molecule has 4 N–H and O–H groups in total. The molecule has 19 heteroatoms. The maximum Gasteiger partial charge on any atom is 0.274 e. The fourth-order valence-corrected chi connectivity index (χ4v) is 8.39. The molecule has 0 aliphatic carbocycles. The molecule has 2 fully saturated rings. The van der Waals surface area contributed by atoms with E-state index in [1.807, 2.05) is 37.9 Å². The van der Waals surface area contributed by atoms with Crippen molar-refractivity contribution < 1.29 is 19.3 Å². The molecule has 6 rings (SSSR count). The number of aromatic nitrogens is 4. The maximum atomic E-state index is 12.3. The first-order valence-electron chi connectivity index (χ1n) is 24.0. The molecule has 2 aromatic carbocycles. The summed E-state index contributed by atoms with van der Waals surface area (Å²) in [6.45, 7) is 26.0. The van der Waals surface area contributed by atoms with Gasteiger partial charge in [0.15, 0.2) is 11.6 Å². The van der Waals surface area contributed by atoms with Crippen LogP contribution in [-0.2, 0) is 9.68 Å². The highest BCUT2D eigenvalue weighted by molar-refractivity contribution is 5.95. The lowest BCUT2D eigenvalue weighted by molar-refractivity contribution is 0.0533. The maximum absolute atomic E-state index is 12.3. The number of nitriles is 1. The quantitative estimate of drug-likeness (QED) is 0.0967. The Labute approximate surface area is 415 Å². The molecule has 0 spiro atoms. The first-order chi connectivity index (χ1) is 33.1. The van der Waals surface area contributed by atoms with E-state index in [-0.39, 0.29) is 22.6 Å². The molecule has 2 aromatic heterocycles. The number of likely N-dealkylation sites (N-methyl/N-ethyl adjacent to an activating group) is 2. The van der Waals surface area contributed by atoms with Crippen molar-refractivity contribution in [3.63, 3.8) is 0 Å². The Morgan fingerprint density at radius 3 is 1.64 bits per heavy atom. The van der Waals surface area contributed by atoms with Gasteiger partial charge in [0.1, 0.15) is 23.3 Å². The summed E-state index contributed by atoms with van der Waals surface area (Å²) in [4.78, 5) is 66.8. The van der Waals surface area contributed by atoms with Gasteiger partial charge in [-0.3, -0.25) is 19.3 Å². The van der Waals surface area contributed by atoms with Gasteiger partial charge in [0, 0.05) is 95.0 Å².